The standard InChI is InChI=1S/C15H16INO/c1-11(2)13-5-3-12(4-6-13)9-17-10-14(16)7-8-15(17)18/h3-8,10-11H,9H2,1-2H3. The van der Waals surface area contributed by atoms with Gasteiger partial charge in [0.15, 0.2) is 0 Å². The minimum absolute atomic E-state index is 0.0448. The van der Waals surface area contributed by atoms with Crippen LogP contribution in [0.1, 0.15) is 30.9 Å². The van der Waals surface area contributed by atoms with Crippen LogP contribution in [0.15, 0.2) is 47.4 Å². The number of aromatic nitrogens is 1. The summed E-state index contributed by atoms with van der Waals surface area (Å²) in [5, 5.41) is 0. The number of hydrogen-bond donors (Lipinski definition) is 0. The highest BCUT2D eigenvalue weighted by Crippen LogP contribution is 2.15. The first-order valence-corrected chi connectivity index (χ1v) is 7.09. The summed E-state index contributed by atoms with van der Waals surface area (Å²) in [4.78, 5) is 11.7. The number of benzene rings is 1. The molecular formula is C15H16INO. The summed E-state index contributed by atoms with van der Waals surface area (Å²) in [6.07, 6.45) is 1.89. The predicted octanol–water partition coefficient (Wildman–Crippen LogP) is 3.62. The third-order valence-electron chi connectivity index (χ3n) is 2.95. The average Bonchev–Trinajstić information content (AvgIpc) is 2.34. The minimum atomic E-state index is 0.0448. The van der Waals surface area contributed by atoms with E-state index in [1.165, 1.54) is 5.56 Å². The van der Waals surface area contributed by atoms with Crippen molar-refractivity contribution in [1.29, 1.82) is 0 Å². The number of nitrogens with zero attached hydrogens (tertiary/aromatic N) is 1. The summed E-state index contributed by atoms with van der Waals surface area (Å²) >= 11 is 2.22. The zero-order valence-electron chi connectivity index (χ0n) is 10.6. The van der Waals surface area contributed by atoms with E-state index in [4.69, 9.17) is 0 Å². The Morgan fingerprint density at radius 1 is 1.11 bits per heavy atom. The Morgan fingerprint density at radius 3 is 2.39 bits per heavy atom. The van der Waals surface area contributed by atoms with Crippen LogP contribution in [0, 0.1) is 3.57 Å². The van der Waals surface area contributed by atoms with Crippen LogP contribution in [0.3, 0.4) is 0 Å². The van der Waals surface area contributed by atoms with Crippen LogP contribution in [0.2, 0.25) is 0 Å². The second-order valence-corrected chi connectivity index (χ2v) is 5.96. The molecule has 2 rings (SSSR count). The second-order valence-electron chi connectivity index (χ2n) is 4.71. The molecule has 18 heavy (non-hydrogen) atoms. The van der Waals surface area contributed by atoms with Gasteiger partial charge >= 0.3 is 0 Å². The maximum atomic E-state index is 11.7. The smallest absolute Gasteiger partial charge is 0.250 e. The van der Waals surface area contributed by atoms with Gasteiger partial charge in [0.1, 0.15) is 0 Å². The molecule has 1 aromatic heterocycles. The van der Waals surface area contributed by atoms with E-state index in [0.717, 1.165) is 9.13 Å². The molecule has 0 atom stereocenters. The highest BCUT2D eigenvalue weighted by Gasteiger charge is 2.01. The largest absolute Gasteiger partial charge is 0.310 e. The molecule has 3 heteroatoms. The molecule has 0 aliphatic heterocycles. The highest BCUT2D eigenvalue weighted by molar-refractivity contribution is 14.1. The molecule has 0 aliphatic carbocycles. The Morgan fingerprint density at radius 2 is 1.78 bits per heavy atom. The van der Waals surface area contributed by atoms with Crippen LogP contribution >= 0.6 is 22.6 Å². The van der Waals surface area contributed by atoms with Gasteiger partial charge in [0.2, 0.25) is 0 Å². The monoisotopic (exact) mass is 353 g/mol. The molecule has 0 fully saturated rings. The predicted molar refractivity (Wildman–Crippen MR) is 83.1 cm³/mol. The van der Waals surface area contributed by atoms with Crippen LogP contribution < -0.4 is 5.56 Å². The van der Waals surface area contributed by atoms with Crippen molar-refractivity contribution in [2.45, 2.75) is 26.3 Å². The Labute approximate surface area is 121 Å². The van der Waals surface area contributed by atoms with Gasteiger partial charge in [-0.15, -0.1) is 0 Å². The normalized spacial score (nSPS) is 10.9. The molecule has 0 aliphatic rings. The van der Waals surface area contributed by atoms with Crippen molar-refractivity contribution in [3.63, 3.8) is 0 Å². The van der Waals surface area contributed by atoms with E-state index in [2.05, 4.69) is 60.7 Å². The van der Waals surface area contributed by atoms with Crippen LogP contribution in [-0.4, -0.2) is 4.57 Å². The summed E-state index contributed by atoms with van der Waals surface area (Å²) < 4.78 is 2.82. The minimum Gasteiger partial charge on any atom is -0.310 e. The van der Waals surface area contributed by atoms with E-state index in [0.29, 0.717) is 12.5 Å². The quantitative estimate of drug-likeness (QED) is 0.773. The molecule has 1 heterocycles. The number of pyridine rings is 1. The van der Waals surface area contributed by atoms with Gasteiger partial charge in [-0.2, -0.15) is 0 Å². The van der Waals surface area contributed by atoms with Gasteiger partial charge in [-0.25, -0.2) is 0 Å². The molecule has 0 saturated carbocycles. The Hall–Kier alpha value is -1.10. The molecular weight excluding hydrogens is 337 g/mol. The summed E-state index contributed by atoms with van der Waals surface area (Å²) in [6.45, 7) is 4.99. The maximum absolute atomic E-state index is 11.7. The van der Waals surface area contributed by atoms with Crippen LogP contribution in [0.25, 0.3) is 0 Å². The van der Waals surface area contributed by atoms with Gasteiger partial charge in [-0.1, -0.05) is 38.1 Å². The van der Waals surface area contributed by atoms with Crippen molar-refractivity contribution >= 4 is 22.6 Å². The Kier molecular flexibility index (Phi) is 4.22. The molecule has 0 N–H and O–H groups in total. The summed E-state index contributed by atoms with van der Waals surface area (Å²) in [6, 6.07) is 11.9. The fraction of sp³-hybridized carbons (Fsp3) is 0.267. The molecule has 0 unspecified atom stereocenters. The molecule has 1 aromatic carbocycles. The van der Waals surface area contributed by atoms with Crippen molar-refractivity contribution in [1.82, 2.24) is 4.57 Å². The Bertz CT molecular complexity index is 584. The Balaban J connectivity index is 2.23. The maximum Gasteiger partial charge on any atom is 0.250 e. The van der Waals surface area contributed by atoms with Crippen LogP contribution in [-0.2, 0) is 6.54 Å². The molecule has 0 saturated heterocycles. The van der Waals surface area contributed by atoms with Gasteiger partial charge in [0.05, 0.1) is 6.54 Å². The zero-order chi connectivity index (χ0) is 13.1. The third-order valence-corrected chi connectivity index (χ3v) is 3.58. The van der Waals surface area contributed by atoms with Crippen molar-refractivity contribution in [3.8, 4) is 0 Å². The third kappa shape index (κ3) is 3.22. The van der Waals surface area contributed by atoms with Crippen molar-refractivity contribution in [2.75, 3.05) is 0 Å². The van der Waals surface area contributed by atoms with E-state index < -0.39 is 0 Å². The average molecular weight is 353 g/mol. The van der Waals surface area contributed by atoms with Crippen LogP contribution in [0.5, 0.6) is 0 Å². The molecule has 2 nitrogen and oxygen atoms in total. The first-order chi connectivity index (χ1) is 8.56. The molecule has 0 radical (unpaired) electrons. The van der Waals surface area contributed by atoms with E-state index in [1.54, 1.807) is 10.6 Å². The first-order valence-electron chi connectivity index (χ1n) is 6.01. The molecule has 0 bridgehead atoms. The van der Waals surface area contributed by atoms with Crippen molar-refractivity contribution in [2.24, 2.45) is 0 Å². The van der Waals surface area contributed by atoms with Crippen LogP contribution in [0.4, 0.5) is 0 Å². The van der Waals surface area contributed by atoms with Gasteiger partial charge < -0.3 is 4.57 Å². The lowest BCUT2D eigenvalue weighted by Crippen LogP contribution is -2.19. The molecule has 0 spiro atoms. The van der Waals surface area contributed by atoms with Crippen molar-refractivity contribution in [3.05, 3.63) is 67.6 Å². The summed E-state index contributed by atoms with van der Waals surface area (Å²) in [7, 11) is 0. The zero-order valence-corrected chi connectivity index (χ0v) is 12.7. The van der Waals surface area contributed by atoms with E-state index in [9.17, 15) is 4.79 Å². The number of hydrogen-bond acceptors (Lipinski definition) is 1. The summed E-state index contributed by atoms with van der Waals surface area (Å²) in [5.74, 6) is 0.541. The van der Waals surface area contributed by atoms with E-state index in [-0.39, 0.29) is 5.56 Å². The lowest BCUT2D eigenvalue weighted by atomic mass is 10.0. The van der Waals surface area contributed by atoms with Gasteiger partial charge in [-0.05, 0) is 45.7 Å². The highest BCUT2D eigenvalue weighted by atomic mass is 127. The van der Waals surface area contributed by atoms with Crippen molar-refractivity contribution < 1.29 is 0 Å². The fourth-order valence-corrected chi connectivity index (χ4v) is 2.35. The molecule has 94 valence electrons. The number of halogens is 1. The summed E-state index contributed by atoms with van der Waals surface area (Å²) in [5.41, 5.74) is 2.53. The molecule has 2 aromatic rings. The lowest BCUT2D eigenvalue weighted by molar-refractivity contribution is 0.754. The second kappa shape index (κ2) is 5.69. The van der Waals surface area contributed by atoms with Gasteiger partial charge in [0.25, 0.3) is 5.56 Å². The SMILES string of the molecule is CC(C)c1ccc(Cn2cc(I)ccc2=O)cc1. The van der Waals surface area contributed by atoms with E-state index >= 15 is 0 Å². The van der Waals surface area contributed by atoms with E-state index in [1.807, 2.05) is 12.3 Å². The van der Waals surface area contributed by atoms with Gasteiger partial charge in [-0.3, -0.25) is 4.79 Å². The fourth-order valence-electron chi connectivity index (χ4n) is 1.83. The molecule has 0 amide bonds. The number of rotatable bonds is 3. The van der Waals surface area contributed by atoms with Gasteiger partial charge in [0, 0.05) is 15.8 Å². The lowest BCUT2D eigenvalue weighted by Gasteiger charge is -2.09. The topological polar surface area (TPSA) is 22.0 Å². The first kappa shape index (κ1) is 13.3.